The fourth-order valence-electron chi connectivity index (χ4n) is 3.26. The molecule has 24 heavy (non-hydrogen) atoms. The molecular weight excluding hydrogens is 324 g/mol. The first-order valence-corrected chi connectivity index (χ1v) is 9.60. The highest BCUT2D eigenvalue weighted by atomic mass is 35.5. The molecule has 136 valence electrons. The van der Waals surface area contributed by atoms with E-state index in [0.717, 1.165) is 37.4 Å². The molecule has 0 amide bonds. The average molecular weight is 355 g/mol. The smallest absolute Gasteiger partial charge is 0.179 e. The minimum Gasteiger partial charge on any atom is -0.490 e. The van der Waals surface area contributed by atoms with E-state index < -0.39 is 0 Å². The van der Waals surface area contributed by atoms with E-state index in [1.54, 1.807) is 0 Å². The van der Waals surface area contributed by atoms with Crippen molar-refractivity contribution in [3.05, 3.63) is 22.7 Å². The normalized spacial score (nSPS) is 18.1. The molecule has 0 radical (unpaired) electrons. The number of ether oxygens (including phenoxy) is 2. The number of hydrogen-bond acceptors (Lipinski definition) is 4. The minimum absolute atomic E-state index is 0.600. The van der Waals surface area contributed by atoms with Crippen LogP contribution in [0.3, 0.4) is 0 Å². The molecule has 1 fully saturated rings. The Kier molecular flexibility index (Phi) is 8.16. The maximum Gasteiger partial charge on any atom is 0.179 e. The van der Waals surface area contributed by atoms with Crippen molar-refractivity contribution in [2.24, 2.45) is 0 Å². The zero-order valence-electron chi connectivity index (χ0n) is 15.2. The maximum atomic E-state index is 6.42. The molecule has 1 aliphatic rings. The third-order valence-corrected chi connectivity index (χ3v) is 4.71. The van der Waals surface area contributed by atoms with Gasteiger partial charge >= 0.3 is 0 Å². The summed E-state index contributed by atoms with van der Waals surface area (Å²) in [6.45, 7) is 11.7. The van der Waals surface area contributed by atoms with Crippen molar-refractivity contribution < 1.29 is 9.47 Å². The lowest BCUT2D eigenvalue weighted by Crippen LogP contribution is -2.37. The Morgan fingerprint density at radius 3 is 2.79 bits per heavy atom. The Morgan fingerprint density at radius 2 is 2.08 bits per heavy atom. The molecule has 1 heterocycles. The zero-order chi connectivity index (χ0) is 17.4. The molecule has 4 nitrogen and oxygen atoms in total. The van der Waals surface area contributed by atoms with E-state index in [1.165, 1.54) is 19.4 Å². The zero-order valence-corrected chi connectivity index (χ0v) is 16.0. The molecule has 0 aliphatic carbocycles. The Morgan fingerprint density at radius 1 is 1.25 bits per heavy atom. The van der Waals surface area contributed by atoms with Gasteiger partial charge < -0.3 is 14.8 Å². The molecule has 0 spiro atoms. The summed E-state index contributed by atoms with van der Waals surface area (Å²) in [4.78, 5) is 2.55. The second kappa shape index (κ2) is 10.1. The lowest BCUT2D eigenvalue weighted by molar-refractivity contribution is 0.259. The van der Waals surface area contributed by atoms with Crippen molar-refractivity contribution in [2.45, 2.75) is 52.6 Å². The lowest BCUT2D eigenvalue weighted by Gasteiger charge is -2.23. The second-order valence-corrected chi connectivity index (χ2v) is 6.65. The van der Waals surface area contributed by atoms with Gasteiger partial charge in [-0.2, -0.15) is 0 Å². The van der Waals surface area contributed by atoms with Gasteiger partial charge in [0.2, 0.25) is 0 Å². The number of rotatable bonds is 10. The number of likely N-dealkylation sites (tertiary alicyclic amines) is 1. The Bertz CT molecular complexity index is 510. The van der Waals surface area contributed by atoms with E-state index in [0.29, 0.717) is 30.0 Å². The summed E-state index contributed by atoms with van der Waals surface area (Å²) in [7, 11) is 0. The number of likely N-dealkylation sites (N-methyl/N-ethyl adjacent to an activating group) is 1. The fraction of sp³-hybridized carbons (Fsp3) is 0.684. The van der Waals surface area contributed by atoms with Crippen LogP contribution in [0.25, 0.3) is 0 Å². The molecule has 0 unspecified atom stereocenters. The molecule has 2 rings (SSSR count). The molecule has 0 aromatic heterocycles. The predicted octanol–water partition coefficient (Wildman–Crippen LogP) is 4.10. The summed E-state index contributed by atoms with van der Waals surface area (Å²) in [6.07, 6.45) is 3.54. The van der Waals surface area contributed by atoms with Crippen LogP contribution in [-0.2, 0) is 6.54 Å². The van der Waals surface area contributed by atoms with Gasteiger partial charge in [-0.05, 0) is 57.0 Å². The van der Waals surface area contributed by atoms with Gasteiger partial charge in [0.1, 0.15) is 0 Å². The summed E-state index contributed by atoms with van der Waals surface area (Å²) < 4.78 is 11.5. The van der Waals surface area contributed by atoms with Crippen LogP contribution in [0.2, 0.25) is 5.02 Å². The van der Waals surface area contributed by atoms with Crippen LogP contribution in [0.15, 0.2) is 12.1 Å². The molecule has 1 atom stereocenters. The van der Waals surface area contributed by atoms with Gasteiger partial charge in [-0.15, -0.1) is 0 Å². The van der Waals surface area contributed by atoms with Gasteiger partial charge in [-0.1, -0.05) is 25.4 Å². The van der Waals surface area contributed by atoms with Crippen LogP contribution in [0, 0.1) is 0 Å². The Hall–Kier alpha value is -0.970. The van der Waals surface area contributed by atoms with E-state index in [-0.39, 0.29) is 0 Å². The van der Waals surface area contributed by atoms with Crippen molar-refractivity contribution in [2.75, 3.05) is 32.8 Å². The monoisotopic (exact) mass is 354 g/mol. The molecule has 1 aliphatic heterocycles. The van der Waals surface area contributed by atoms with Crippen molar-refractivity contribution in [1.82, 2.24) is 10.2 Å². The highest BCUT2D eigenvalue weighted by Crippen LogP contribution is 2.36. The predicted molar refractivity (Wildman–Crippen MR) is 100 cm³/mol. The largest absolute Gasteiger partial charge is 0.490 e. The second-order valence-electron chi connectivity index (χ2n) is 6.24. The van der Waals surface area contributed by atoms with E-state index in [1.807, 2.05) is 19.1 Å². The number of hydrogen-bond donors (Lipinski definition) is 1. The van der Waals surface area contributed by atoms with E-state index in [9.17, 15) is 0 Å². The number of nitrogens with one attached hydrogen (secondary N) is 1. The summed E-state index contributed by atoms with van der Waals surface area (Å²) >= 11 is 6.42. The van der Waals surface area contributed by atoms with Gasteiger partial charge in [-0.25, -0.2) is 0 Å². The average Bonchev–Trinajstić information content (AvgIpc) is 3.02. The van der Waals surface area contributed by atoms with Crippen molar-refractivity contribution in [1.29, 1.82) is 0 Å². The number of halogens is 1. The van der Waals surface area contributed by atoms with Crippen LogP contribution in [0.5, 0.6) is 11.5 Å². The van der Waals surface area contributed by atoms with E-state index >= 15 is 0 Å². The highest BCUT2D eigenvalue weighted by molar-refractivity contribution is 6.32. The van der Waals surface area contributed by atoms with Crippen LogP contribution in [-0.4, -0.2) is 43.8 Å². The SMILES string of the molecule is CCCOc1c(Cl)cc(CNC[C@H]2CCCN2CC)cc1OCC. The van der Waals surface area contributed by atoms with Gasteiger partial charge in [0.15, 0.2) is 11.5 Å². The van der Waals surface area contributed by atoms with Gasteiger partial charge in [0.25, 0.3) is 0 Å². The van der Waals surface area contributed by atoms with Gasteiger partial charge in [0.05, 0.1) is 18.2 Å². The summed E-state index contributed by atoms with van der Waals surface area (Å²) in [5.74, 6) is 1.41. The Labute approximate surface area is 151 Å². The van der Waals surface area contributed by atoms with Gasteiger partial charge in [-0.3, -0.25) is 4.90 Å². The van der Waals surface area contributed by atoms with E-state index in [4.69, 9.17) is 21.1 Å². The molecule has 0 bridgehead atoms. The van der Waals surface area contributed by atoms with Crippen LogP contribution >= 0.6 is 11.6 Å². The number of nitrogens with zero attached hydrogens (tertiary/aromatic N) is 1. The standard InChI is InChI=1S/C19H31ClN2O2/c1-4-10-24-19-17(20)11-15(12-18(19)23-6-3)13-21-14-16-8-7-9-22(16)5-2/h11-12,16,21H,4-10,13-14H2,1-3H3/t16-/m1/s1. The molecule has 1 N–H and O–H groups in total. The lowest BCUT2D eigenvalue weighted by atomic mass is 10.1. The molecule has 1 saturated heterocycles. The first-order chi connectivity index (χ1) is 11.7. The molecular formula is C19H31ClN2O2. The molecule has 0 saturated carbocycles. The quantitative estimate of drug-likeness (QED) is 0.685. The van der Waals surface area contributed by atoms with Crippen molar-refractivity contribution >= 4 is 11.6 Å². The minimum atomic E-state index is 0.600. The number of benzene rings is 1. The summed E-state index contributed by atoms with van der Waals surface area (Å²) in [5.41, 5.74) is 1.13. The van der Waals surface area contributed by atoms with Gasteiger partial charge in [0, 0.05) is 19.1 Å². The summed E-state index contributed by atoms with van der Waals surface area (Å²) in [6, 6.07) is 4.68. The molecule has 1 aromatic carbocycles. The van der Waals surface area contributed by atoms with Crippen LogP contribution in [0.1, 0.15) is 45.6 Å². The highest BCUT2D eigenvalue weighted by Gasteiger charge is 2.22. The molecule has 1 aromatic rings. The Balaban J connectivity index is 1.97. The first-order valence-electron chi connectivity index (χ1n) is 9.22. The summed E-state index contributed by atoms with van der Waals surface area (Å²) in [5, 5.41) is 4.20. The molecule has 5 heteroatoms. The maximum absolute atomic E-state index is 6.42. The van der Waals surface area contributed by atoms with Crippen molar-refractivity contribution in [3.8, 4) is 11.5 Å². The fourth-order valence-corrected chi connectivity index (χ4v) is 3.54. The van der Waals surface area contributed by atoms with E-state index in [2.05, 4.69) is 24.1 Å². The van der Waals surface area contributed by atoms with Crippen molar-refractivity contribution in [3.63, 3.8) is 0 Å². The van der Waals surface area contributed by atoms with Crippen LogP contribution in [0.4, 0.5) is 0 Å². The third-order valence-electron chi connectivity index (χ3n) is 4.43. The first kappa shape index (κ1) is 19.4. The third kappa shape index (κ3) is 5.27. The van der Waals surface area contributed by atoms with Crippen LogP contribution < -0.4 is 14.8 Å². The topological polar surface area (TPSA) is 33.7 Å².